The average Bonchev–Trinajstić information content (AvgIpc) is 3.13. The molecule has 4 aromatic rings. The Morgan fingerprint density at radius 2 is 1.55 bits per heavy atom. The minimum absolute atomic E-state index is 0.481. The molecule has 0 radical (unpaired) electrons. The van der Waals surface area contributed by atoms with Crippen LogP contribution in [0.5, 0.6) is 5.75 Å². The standard InChI is InChI=1S/C29H28BrNO2/c1-19(2)15-25-17-27(30)29(22-7-5-20(3)6-8-22)31(25)28-14-11-23(16-24(28)18-32)21-9-12-26(33-4)13-10-21/h5-14,16-19H,15H2,1-4H3. The summed E-state index contributed by atoms with van der Waals surface area (Å²) >= 11 is 3.80. The number of halogens is 1. The van der Waals surface area contributed by atoms with E-state index in [4.69, 9.17) is 4.74 Å². The summed E-state index contributed by atoms with van der Waals surface area (Å²) in [5.74, 6) is 1.29. The highest BCUT2D eigenvalue weighted by atomic mass is 79.9. The Labute approximate surface area is 204 Å². The van der Waals surface area contributed by atoms with Gasteiger partial charge in [0, 0.05) is 15.7 Å². The second-order valence-electron chi connectivity index (χ2n) is 8.75. The molecule has 0 aliphatic rings. The van der Waals surface area contributed by atoms with Gasteiger partial charge in [-0.25, -0.2) is 0 Å². The monoisotopic (exact) mass is 501 g/mol. The number of aryl methyl sites for hydroxylation is 1. The van der Waals surface area contributed by atoms with E-state index in [1.165, 1.54) is 11.3 Å². The summed E-state index contributed by atoms with van der Waals surface area (Å²) in [6.07, 6.45) is 1.86. The highest BCUT2D eigenvalue weighted by molar-refractivity contribution is 9.10. The summed E-state index contributed by atoms with van der Waals surface area (Å²) in [7, 11) is 1.66. The molecule has 0 bridgehead atoms. The van der Waals surface area contributed by atoms with Crippen LogP contribution >= 0.6 is 15.9 Å². The Morgan fingerprint density at radius 1 is 0.909 bits per heavy atom. The van der Waals surface area contributed by atoms with E-state index in [2.05, 4.69) is 83.7 Å². The minimum atomic E-state index is 0.481. The second kappa shape index (κ2) is 9.80. The fraction of sp³-hybridized carbons (Fsp3) is 0.207. The third-order valence-corrected chi connectivity index (χ3v) is 6.40. The van der Waals surface area contributed by atoms with Crippen molar-refractivity contribution in [3.63, 3.8) is 0 Å². The third-order valence-electron chi connectivity index (χ3n) is 5.79. The number of nitrogens with zero attached hydrogens (tertiary/aromatic N) is 1. The molecule has 33 heavy (non-hydrogen) atoms. The Kier molecular flexibility index (Phi) is 6.85. The van der Waals surface area contributed by atoms with Crippen molar-refractivity contribution in [3.05, 3.63) is 94.1 Å². The number of hydrogen-bond acceptors (Lipinski definition) is 2. The zero-order chi connectivity index (χ0) is 23.5. The number of aromatic nitrogens is 1. The molecule has 0 spiro atoms. The lowest BCUT2D eigenvalue weighted by Gasteiger charge is -2.18. The molecule has 0 N–H and O–H groups in total. The van der Waals surface area contributed by atoms with Gasteiger partial charge in [0.25, 0.3) is 0 Å². The molecule has 0 aliphatic heterocycles. The first-order valence-corrected chi connectivity index (χ1v) is 11.9. The molecule has 1 heterocycles. The predicted molar refractivity (Wildman–Crippen MR) is 140 cm³/mol. The molecule has 0 saturated carbocycles. The fourth-order valence-corrected chi connectivity index (χ4v) is 4.84. The smallest absolute Gasteiger partial charge is 0.152 e. The number of rotatable bonds is 7. The van der Waals surface area contributed by atoms with Crippen LogP contribution in [0.15, 0.2) is 77.3 Å². The molecule has 168 valence electrons. The van der Waals surface area contributed by atoms with Gasteiger partial charge in [-0.05, 0) is 82.2 Å². The first-order valence-electron chi connectivity index (χ1n) is 11.1. The lowest BCUT2D eigenvalue weighted by Crippen LogP contribution is -2.08. The van der Waals surface area contributed by atoms with Gasteiger partial charge in [-0.1, -0.05) is 61.9 Å². The van der Waals surface area contributed by atoms with Crippen LogP contribution in [0.2, 0.25) is 0 Å². The molecule has 0 saturated heterocycles. The maximum atomic E-state index is 12.3. The average molecular weight is 502 g/mol. The number of carbonyl (C=O) groups excluding carboxylic acids is 1. The first kappa shape index (κ1) is 23.1. The van der Waals surface area contributed by atoms with Gasteiger partial charge in [0.1, 0.15) is 5.75 Å². The van der Waals surface area contributed by atoms with Crippen LogP contribution in [0.3, 0.4) is 0 Å². The maximum absolute atomic E-state index is 12.3. The van der Waals surface area contributed by atoms with E-state index in [0.29, 0.717) is 11.5 Å². The van der Waals surface area contributed by atoms with Crippen LogP contribution in [0.25, 0.3) is 28.1 Å². The van der Waals surface area contributed by atoms with Gasteiger partial charge in [0.2, 0.25) is 0 Å². The molecule has 4 heteroatoms. The summed E-state index contributed by atoms with van der Waals surface area (Å²) in [6, 6.07) is 24.7. The van der Waals surface area contributed by atoms with Crippen molar-refractivity contribution in [3.8, 4) is 33.8 Å². The number of hydrogen-bond donors (Lipinski definition) is 0. The van der Waals surface area contributed by atoms with Crippen molar-refractivity contribution < 1.29 is 9.53 Å². The molecule has 0 unspecified atom stereocenters. The molecule has 0 fully saturated rings. The van der Waals surface area contributed by atoms with Crippen molar-refractivity contribution in [2.45, 2.75) is 27.2 Å². The molecule has 4 rings (SSSR count). The lowest BCUT2D eigenvalue weighted by molar-refractivity contribution is 0.112. The van der Waals surface area contributed by atoms with Crippen LogP contribution in [-0.2, 0) is 6.42 Å². The van der Waals surface area contributed by atoms with Gasteiger partial charge in [-0.3, -0.25) is 4.79 Å². The van der Waals surface area contributed by atoms with Crippen LogP contribution in [0.1, 0.15) is 35.5 Å². The molecule has 1 aromatic heterocycles. The van der Waals surface area contributed by atoms with E-state index in [0.717, 1.165) is 51.0 Å². The van der Waals surface area contributed by atoms with Crippen molar-refractivity contribution in [2.24, 2.45) is 5.92 Å². The Balaban J connectivity index is 1.89. The zero-order valence-corrected chi connectivity index (χ0v) is 21.0. The number of aldehydes is 1. The zero-order valence-electron chi connectivity index (χ0n) is 19.4. The van der Waals surface area contributed by atoms with Gasteiger partial charge in [0.05, 0.1) is 18.5 Å². The minimum Gasteiger partial charge on any atom is -0.497 e. The molecule has 3 aromatic carbocycles. The number of ether oxygens (including phenoxy) is 1. The van der Waals surface area contributed by atoms with Gasteiger partial charge in [0.15, 0.2) is 6.29 Å². The van der Waals surface area contributed by atoms with E-state index in [1.54, 1.807) is 7.11 Å². The first-order chi connectivity index (χ1) is 15.9. The second-order valence-corrected chi connectivity index (χ2v) is 9.61. The molecule has 0 atom stereocenters. The highest BCUT2D eigenvalue weighted by Crippen LogP contribution is 2.37. The number of benzene rings is 3. The lowest BCUT2D eigenvalue weighted by atomic mass is 10.0. The van der Waals surface area contributed by atoms with Crippen LogP contribution in [-0.4, -0.2) is 18.0 Å². The summed E-state index contributed by atoms with van der Waals surface area (Å²) in [6.45, 7) is 6.51. The number of methoxy groups -OCH3 is 1. The fourth-order valence-electron chi connectivity index (χ4n) is 4.17. The van der Waals surface area contributed by atoms with E-state index in [-0.39, 0.29) is 0 Å². The molecular formula is C29H28BrNO2. The summed E-state index contributed by atoms with van der Waals surface area (Å²) in [5.41, 5.74) is 8.14. The van der Waals surface area contributed by atoms with E-state index in [9.17, 15) is 4.79 Å². The molecule has 0 amide bonds. The van der Waals surface area contributed by atoms with Gasteiger partial charge >= 0.3 is 0 Å². The largest absolute Gasteiger partial charge is 0.497 e. The van der Waals surface area contributed by atoms with Crippen LogP contribution in [0, 0.1) is 12.8 Å². The van der Waals surface area contributed by atoms with Gasteiger partial charge < -0.3 is 9.30 Å². The predicted octanol–water partition coefficient (Wildman–Crippen LogP) is 7.90. The van der Waals surface area contributed by atoms with E-state index >= 15 is 0 Å². The SMILES string of the molecule is COc1ccc(-c2ccc(-n3c(CC(C)C)cc(Br)c3-c3ccc(C)cc3)c(C=O)c2)cc1. The van der Waals surface area contributed by atoms with Crippen molar-refractivity contribution >= 4 is 22.2 Å². The van der Waals surface area contributed by atoms with Crippen LogP contribution in [0.4, 0.5) is 0 Å². The number of carbonyl (C=O) groups is 1. The summed E-state index contributed by atoms with van der Waals surface area (Å²) < 4.78 is 8.53. The topological polar surface area (TPSA) is 31.2 Å². The van der Waals surface area contributed by atoms with Crippen molar-refractivity contribution in [1.29, 1.82) is 0 Å². The van der Waals surface area contributed by atoms with E-state index < -0.39 is 0 Å². The van der Waals surface area contributed by atoms with Crippen molar-refractivity contribution in [2.75, 3.05) is 7.11 Å². The normalized spacial score (nSPS) is 11.1. The molecule has 0 aliphatic carbocycles. The quantitative estimate of drug-likeness (QED) is 0.241. The van der Waals surface area contributed by atoms with Crippen molar-refractivity contribution in [1.82, 2.24) is 4.57 Å². The summed E-state index contributed by atoms with van der Waals surface area (Å²) in [5, 5.41) is 0. The van der Waals surface area contributed by atoms with Gasteiger partial charge in [-0.15, -0.1) is 0 Å². The Hall–Kier alpha value is -3.11. The Morgan fingerprint density at radius 3 is 2.15 bits per heavy atom. The summed E-state index contributed by atoms with van der Waals surface area (Å²) in [4.78, 5) is 12.3. The van der Waals surface area contributed by atoms with Gasteiger partial charge in [-0.2, -0.15) is 0 Å². The molecular weight excluding hydrogens is 474 g/mol. The van der Waals surface area contributed by atoms with E-state index in [1.807, 2.05) is 30.3 Å². The highest BCUT2D eigenvalue weighted by Gasteiger charge is 2.20. The molecule has 3 nitrogen and oxygen atoms in total. The van der Waals surface area contributed by atoms with Crippen LogP contribution < -0.4 is 4.74 Å². The Bertz CT molecular complexity index is 1270. The maximum Gasteiger partial charge on any atom is 0.152 e. The third kappa shape index (κ3) is 4.81.